The highest BCUT2D eigenvalue weighted by Crippen LogP contribution is 2.22. The molecule has 0 bridgehead atoms. The van der Waals surface area contributed by atoms with Gasteiger partial charge in [0.25, 0.3) is 5.91 Å². The van der Waals surface area contributed by atoms with Gasteiger partial charge in [-0.1, -0.05) is 0 Å². The Balaban J connectivity index is 1.96. The topological polar surface area (TPSA) is 78.1 Å². The number of aromatic amines is 1. The minimum Gasteiger partial charge on any atom is -0.352 e. The summed E-state index contributed by atoms with van der Waals surface area (Å²) in [4.78, 5) is 33.3. The maximum atomic E-state index is 12.6. The molecule has 0 atom stereocenters. The van der Waals surface area contributed by atoms with E-state index in [0.717, 1.165) is 11.0 Å². The Morgan fingerprint density at radius 2 is 2.20 bits per heavy atom. The van der Waals surface area contributed by atoms with E-state index < -0.39 is 5.54 Å². The predicted molar refractivity (Wildman–Crippen MR) is 74.2 cm³/mol. The van der Waals surface area contributed by atoms with Crippen molar-refractivity contribution in [1.82, 2.24) is 20.2 Å². The number of amides is 2. The molecule has 20 heavy (non-hydrogen) atoms. The summed E-state index contributed by atoms with van der Waals surface area (Å²) < 4.78 is 0. The van der Waals surface area contributed by atoms with Crippen molar-refractivity contribution in [1.29, 1.82) is 0 Å². The van der Waals surface area contributed by atoms with Gasteiger partial charge < -0.3 is 15.2 Å². The number of carbonyl (C=O) groups excluding carboxylic acids is 2. The number of piperazine rings is 1. The van der Waals surface area contributed by atoms with Crippen LogP contribution in [0.1, 0.15) is 24.2 Å². The second-order valence-electron chi connectivity index (χ2n) is 5.41. The average molecular weight is 272 g/mol. The van der Waals surface area contributed by atoms with Crippen LogP contribution in [-0.2, 0) is 4.79 Å². The van der Waals surface area contributed by atoms with Crippen LogP contribution < -0.4 is 5.32 Å². The molecule has 2 amide bonds. The molecule has 1 aromatic heterocycles. The molecule has 1 saturated heterocycles. The average Bonchev–Trinajstić information content (AvgIpc) is 2.88. The number of imidazole rings is 1. The van der Waals surface area contributed by atoms with Gasteiger partial charge in [-0.05, 0) is 32.0 Å². The Kier molecular flexibility index (Phi) is 2.74. The number of hydrogen-bond acceptors (Lipinski definition) is 3. The highest BCUT2D eigenvalue weighted by molar-refractivity contribution is 6.01. The number of nitrogens with zero attached hydrogens (tertiary/aromatic N) is 2. The zero-order valence-electron chi connectivity index (χ0n) is 11.4. The molecule has 1 aromatic carbocycles. The number of fused-ring (bicyclic) bond motifs is 1. The Hall–Kier alpha value is -2.37. The van der Waals surface area contributed by atoms with Crippen molar-refractivity contribution in [3.63, 3.8) is 0 Å². The molecule has 1 fully saturated rings. The molecule has 3 rings (SSSR count). The molecule has 0 aliphatic carbocycles. The molecule has 0 unspecified atom stereocenters. The number of hydrogen-bond donors (Lipinski definition) is 2. The molecule has 1 aliphatic rings. The van der Waals surface area contributed by atoms with E-state index in [1.165, 1.54) is 0 Å². The van der Waals surface area contributed by atoms with Gasteiger partial charge in [-0.15, -0.1) is 0 Å². The standard InChI is InChI=1S/C14H16N4O2/c1-14(2)13(20)15-5-6-18(14)12(19)9-3-4-10-11(7-9)17-8-16-10/h3-4,7-8H,5-6H2,1-2H3,(H,15,20)(H,16,17). The lowest BCUT2D eigenvalue weighted by atomic mass is 9.97. The zero-order valence-corrected chi connectivity index (χ0v) is 11.4. The van der Waals surface area contributed by atoms with E-state index in [4.69, 9.17) is 0 Å². The van der Waals surface area contributed by atoms with E-state index in [9.17, 15) is 9.59 Å². The maximum absolute atomic E-state index is 12.6. The SMILES string of the molecule is CC1(C)C(=O)NCCN1C(=O)c1ccc2nc[nH]c2c1. The molecular weight excluding hydrogens is 256 g/mol. The van der Waals surface area contributed by atoms with E-state index in [-0.39, 0.29) is 11.8 Å². The van der Waals surface area contributed by atoms with Crippen molar-refractivity contribution in [3.05, 3.63) is 30.1 Å². The highest BCUT2D eigenvalue weighted by atomic mass is 16.2. The predicted octanol–water partition coefficient (Wildman–Crippen LogP) is 0.913. The lowest BCUT2D eigenvalue weighted by Crippen LogP contribution is -2.63. The van der Waals surface area contributed by atoms with Crippen molar-refractivity contribution in [2.75, 3.05) is 13.1 Å². The number of aromatic nitrogens is 2. The monoisotopic (exact) mass is 272 g/mol. The van der Waals surface area contributed by atoms with Crippen LogP contribution in [0.3, 0.4) is 0 Å². The van der Waals surface area contributed by atoms with Gasteiger partial charge in [0, 0.05) is 18.7 Å². The van der Waals surface area contributed by atoms with Crippen LogP contribution in [0.25, 0.3) is 11.0 Å². The van der Waals surface area contributed by atoms with Gasteiger partial charge in [0.2, 0.25) is 5.91 Å². The van der Waals surface area contributed by atoms with E-state index in [0.29, 0.717) is 18.7 Å². The van der Waals surface area contributed by atoms with Crippen LogP contribution in [0.2, 0.25) is 0 Å². The summed E-state index contributed by atoms with van der Waals surface area (Å²) in [7, 11) is 0. The van der Waals surface area contributed by atoms with Crippen LogP contribution >= 0.6 is 0 Å². The van der Waals surface area contributed by atoms with Crippen LogP contribution in [0, 0.1) is 0 Å². The summed E-state index contributed by atoms with van der Waals surface area (Å²) in [6.07, 6.45) is 1.59. The van der Waals surface area contributed by atoms with Crippen LogP contribution in [0.15, 0.2) is 24.5 Å². The molecule has 0 spiro atoms. The fraction of sp³-hybridized carbons (Fsp3) is 0.357. The van der Waals surface area contributed by atoms with Crippen molar-refractivity contribution in [2.45, 2.75) is 19.4 Å². The third-order valence-corrected chi connectivity index (χ3v) is 3.76. The Morgan fingerprint density at radius 3 is 3.00 bits per heavy atom. The van der Waals surface area contributed by atoms with Crippen molar-refractivity contribution in [3.8, 4) is 0 Å². The molecule has 2 heterocycles. The van der Waals surface area contributed by atoms with E-state index in [1.807, 2.05) is 0 Å². The second-order valence-corrected chi connectivity index (χ2v) is 5.41. The molecule has 1 aliphatic heterocycles. The van der Waals surface area contributed by atoms with Crippen LogP contribution in [-0.4, -0.2) is 45.3 Å². The Labute approximate surface area is 116 Å². The summed E-state index contributed by atoms with van der Waals surface area (Å²) >= 11 is 0. The molecule has 104 valence electrons. The third kappa shape index (κ3) is 1.84. The Morgan fingerprint density at radius 1 is 1.40 bits per heavy atom. The second kappa shape index (κ2) is 4.33. The van der Waals surface area contributed by atoms with Crippen LogP contribution in [0.5, 0.6) is 0 Å². The van der Waals surface area contributed by atoms with Gasteiger partial charge in [0.1, 0.15) is 5.54 Å². The van der Waals surface area contributed by atoms with Gasteiger partial charge >= 0.3 is 0 Å². The van der Waals surface area contributed by atoms with Crippen LogP contribution in [0.4, 0.5) is 0 Å². The lowest BCUT2D eigenvalue weighted by Gasteiger charge is -2.41. The number of carbonyl (C=O) groups is 2. The van der Waals surface area contributed by atoms with Crippen molar-refractivity contribution >= 4 is 22.8 Å². The smallest absolute Gasteiger partial charge is 0.254 e. The number of H-pyrrole nitrogens is 1. The number of rotatable bonds is 1. The van der Waals surface area contributed by atoms with E-state index >= 15 is 0 Å². The van der Waals surface area contributed by atoms with Gasteiger partial charge in [-0.2, -0.15) is 0 Å². The molecular formula is C14H16N4O2. The Bertz CT molecular complexity index is 689. The summed E-state index contributed by atoms with van der Waals surface area (Å²) in [5.41, 5.74) is 1.36. The summed E-state index contributed by atoms with van der Waals surface area (Å²) in [5.74, 6) is -0.263. The molecule has 2 N–H and O–H groups in total. The first-order chi connectivity index (χ1) is 9.50. The fourth-order valence-electron chi connectivity index (χ4n) is 2.48. The van der Waals surface area contributed by atoms with Gasteiger partial charge in [-0.3, -0.25) is 9.59 Å². The van der Waals surface area contributed by atoms with Gasteiger partial charge in [0.05, 0.1) is 17.4 Å². The molecule has 6 nitrogen and oxygen atoms in total. The quantitative estimate of drug-likeness (QED) is 0.810. The fourth-order valence-corrected chi connectivity index (χ4v) is 2.48. The van der Waals surface area contributed by atoms with Gasteiger partial charge in [-0.25, -0.2) is 4.98 Å². The minimum atomic E-state index is -0.835. The third-order valence-electron chi connectivity index (χ3n) is 3.76. The largest absolute Gasteiger partial charge is 0.352 e. The number of benzene rings is 1. The molecule has 2 aromatic rings. The molecule has 0 saturated carbocycles. The first-order valence-electron chi connectivity index (χ1n) is 6.53. The minimum absolute atomic E-state index is 0.125. The lowest BCUT2D eigenvalue weighted by molar-refractivity contribution is -0.133. The zero-order chi connectivity index (χ0) is 14.3. The first kappa shape index (κ1) is 12.7. The van der Waals surface area contributed by atoms with Crippen molar-refractivity contribution in [2.24, 2.45) is 0 Å². The molecule has 6 heteroatoms. The summed E-state index contributed by atoms with van der Waals surface area (Å²) in [5, 5.41) is 2.79. The summed E-state index contributed by atoms with van der Waals surface area (Å²) in [6.45, 7) is 4.52. The molecule has 0 radical (unpaired) electrons. The van der Waals surface area contributed by atoms with E-state index in [1.54, 1.807) is 43.3 Å². The van der Waals surface area contributed by atoms with Gasteiger partial charge in [0.15, 0.2) is 0 Å². The highest BCUT2D eigenvalue weighted by Gasteiger charge is 2.40. The van der Waals surface area contributed by atoms with Crippen molar-refractivity contribution < 1.29 is 9.59 Å². The normalized spacial score (nSPS) is 18.1. The number of nitrogens with one attached hydrogen (secondary N) is 2. The summed E-state index contributed by atoms with van der Waals surface area (Å²) in [6, 6.07) is 5.32. The maximum Gasteiger partial charge on any atom is 0.254 e. The van der Waals surface area contributed by atoms with E-state index in [2.05, 4.69) is 15.3 Å². The first-order valence-corrected chi connectivity index (χ1v) is 6.53.